The Labute approximate surface area is 247 Å². The molecule has 0 spiro atoms. The molecule has 0 saturated heterocycles. The van der Waals surface area contributed by atoms with Crippen LogP contribution in [0.1, 0.15) is 0 Å². The summed E-state index contributed by atoms with van der Waals surface area (Å²) in [5.74, 6) is 0. The van der Waals surface area contributed by atoms with Gasteiger partial charge >= 0.3 is 0 Å². The van der Waals surface area contributed by atoms with Crippen molar-refractivity contribution in [2.24, 2.45) is 0 Å². The molecule has 0 bridgehead atoms. The van der Waals surface area contributed by atoms with Crippen LogP contribution in [-0.2, 0) is 0 Å². The van der Waals surface area contributed by atoms with Gasteiger partial charge in [-0.15, -0.1) is 21.9 Å². The molecule has 0 aliphatic rings. The van der Waals surface area contributed by atoms with Crippen molar-refractivity contribution in [2.45, 2.75) is 0 Å². The van der Waals surface area contributed by atoms with Crippen molar-refractivity contribution < 1.29 is 0 Å². The van der Waals surface area contributed by atoms with Crippen LogP contribution in [0.4, 0.5) is 0 Å². The highest BCUT2D eigenvalue weighted by atomic mass is 79.9. The van der Waals surface area contributed by atoms with Gasteiger partial charge in [-0.2, -0.15) is 0 Å². The number of fused-ring (bicyclic) bond motifs is 3. The molecule has 39 heavy (non-hydrogen) atoms. The van der Waals surface area contributed by atoms with Crippen molar-refractivity contribution in [1.29, 1.82) is 0 Å². The molecule has 0 fully saturated rings. The van der Waals surface area contributed by atoms with Gasteiger partial charge in [0.2, 0.25) is 0 Å². The Morgan fingerprint density at radius 2 is 0.846 bits per heavy atom. The molecule has 178 valence electrons. The van der Waals surface area contributed by atoms with Gasteiger partial charge in [0.1, 0.15) is 62.8 Å². The highest BCUT2D eigenvalue weighted by molar-refractivity contribution is 9.10. The zero-order valence-corrected chi connectivity index (χ0v) is 25.8. The predicted octanol–water partition coefficient (Wildman–Crippen LogP) is -4.69. The maximum absolute atomic E-state index is 4.14. The van der Waals surface area contributed by atoms with Crippen LogP contribution in [0.25, 0.3) is 54.6 Å². The van der Waals surface area contributed by atoms with E-state index in [1.807, 2.05) is 0 Å². The molecule has 6 aromatic carbocycles. The van der Waals surface area contributed by atoms with Crippen molar-refractivity contribution in [3.8, 4) is 22.3 Å². The van der Waals surface area contributed by atoms with Crippen molar-refractivity contribution in [3.05, 3.63) is 71.2 Å². The SMILES string of the molecule is Bc1c(B)c(B)c2c(-c3ccc(-c4cccc5ccccc45)cc3)c3c(B)c(B)c(B)c(B)c3c(Br)c2c1B. The van der Waals surface area contributed by atoms with E-state index in [0.29, 0.717) is 0 Å². The predicted molar refractivity (Wildman–Crippen MR) is 203 cm³/mol. The average Bonchev–Trinajstić information content (AvgIpc) is 2.96. The zero-order valence-electron chi connectivity index (χ0n) is 24.2. The van der Waals surface area contributed by atoms with E-state index in [1.165, 1.54) is 103 Å². The van der Waals surface area contributed by atoms with Crippen LogP contribution in [0.5, 0.6) is 0 Å². The van der Waals surface area contributed by atoms with E-state index in [-0.39, 0.29) is 0 Å². The van der Waals surface area contributed by atoms with Gasteiger partial charge in [0, 0.05) is 4.47 Å². The molecule has 6 rings (SSSR count). The Kier molecular flexibility index (Phi) is 6.50. The summed E-state index contributed by atoms with van der Waals surface area (Å²) in [6.45, 7) is 0. The molecule has 0 heterocycles. The monoisotopic (exact) mass is 554 g/mol. The lowest BCUT2D eigenvalue weighted by Crippen LogP contribution is -2.49. The fourth-order valence-electron chi connectivity index (χ4n) is 6.63. The first-order valence-corrected chi connectivity index (χ1v) is 14.6. The van der Waals surface area contributed by atoms with Crippen molar-refractivity contribution in [2.75, 3.05) is 0 Å². The van der Waals surface area contributed by atoms with Crippen molar-refractivity contribution >= 4 is 155 Å². The summed E-state index contributed by atoms with van der Waals surface area (Å²) in [7, 11) is 18.3. The molecule has 0 nitrogen and oxygen atoms in total. The molecule has 0 aliphatic carbocycles. The van der Waals surface area contributed by atoms with Crippen LogP contribution in [0.15, 0.2) is 71.2 Å². The zero-order chi connectivity index (χ0) is 27.7. The van der Waals surface area contributed by atoms with Crippen molar-refractivity contribution in [1.82, 2.24) is 0 Å². The third-order valence-electron chi connectivity index (χ3n) is 9.59. The highest BCUT2D eigenvalue weighted by Crippen LogP contribution is 2.39. The van der Waals surface area contributed by atoms with E-state index < -0.39 is 0 Å². The standard InChI is InChI=1S/C30H27B8Br/c31-22-18-17(14-10-8-13(9-11-14)16-7-3-5-12-4-1-2-6-15(12)16)19-21(25(34)29(38)27(36)23(19)32)30(39)20(18)24(33)28(37)26(22)35/h1-11H,31-38H2. The van der Waals surface area contributed by atoms with E-state index >= 15 is 0 Å². The van der Waals surface area contributed by atoms with Crippen molar-refractivity contribution in [3.63, 3.8) is 0 Å². The maximum atomic E-state index is 4.14. The van der Waals surface area contributed by atoms with Crippen LogP contribution >= 0.6 is 15.9 Å². The Bertz CT molecular complexity index is 1910. The molecule has 0 radical (unpaired) electrons. The summed E-state index contributed by atoms with van der Waals surface area (Å²) in [5.41, 5.74) is 16.2. The smallest absolute Gasteiger partial charge is 0.101 e. The maximum Gasteiger partial charge on any atom is 0.139 e. The summed E-state index contributed by atoms with van der Waals surface area (Å²) in [6, 6.07) is 24.6. The Morgan fingerprint density at radius 3 is 1.38 bits per heavy atom. The lowest BCUT2D eigenvalue weighted by Gasteiger charge is -2.26. The minimum Gasteiger partial charge on any atom is -0.101 e. The largest absolute Gasteiger partial charge is 0.139 e. The molecule has 0 aliphatic heterocycles. The number of benzene rings is 6. The van der Waals surface area contributed by atoms with Crippen LogP contribution in [0, 0.1) is 0 Å². The summed E-state index contributed by atoms with van der Waals surface area (Å²) >= 11 is 4.14. The molecule has 0 N–H and O–H groups in total. The molecule has 0 saturated carbocycles. The van der Waals surface area contributed by atoms with Crippen LogP contribution in [0.2, 0.25) is 0 Å². The molecule has 0 atom stereocenters. The first-order chi connectivity index (χ1) is 18.6. The number of hydrogen-bond donors (Lipinski definition) is 0. The van der Waals surface area contributed by atoms with Gasteiger partial charge in [-0.1, -0.05) is 88.6 Å². The van der Waals surface area contributed by atoms with Gasteiger partial charge in [-0.3, -0.25) is 0 Å². The first-order valence-electron chi connectivity index (χ1n) is 13.8. The number of halogens is 1. The van der Waals surface area contributed by atoms with Gasteiger partial charge in [0.25, 0.3) is 0 Å². The Balaban J connectivity index is 1.75. The van der Waals surface area contributed by atoms with E-state index in [0.717, 1.165) is 0 Å². The van der Waals surface area contributed by atoms with E-state index in [4.69, 9.17) is 0 Å². The first kappa shape index (κ1) is 26.3. The van der Waals surface area contributed by atoms with Gasteiger partial charge in [-0.05, 0) is 70.5 Å². The summed E-state index contributed by atoms with van der Waals surface area (Å²) in [4.78, 5) is 0. The second-order valence-electron chi connectivity index (χ2n) is 11.3. The van der Waals surface area contributed by atoms with E-state index in [2.05, 4.69) is 145 Å². The molecule has 9 heteroatoms. The molecule has 0 unspecified atom stereocenters. The molecule has 0 aromatic heterocycles. The second-order valence-corrected chi connectivity index (χ2v) is 12.1. The molecular formula is C30H27B8Br. The molecule has 6 aromatic rings. The third kappa shape index (κ3) is 3.84. The average molecular weight is 554 g/mol. The minimum absolute atomic E-state index is 1.23. The summed E-state index contributed by atoms with van der Waals surface area (Å²) in [5, 5.41) is 8.02. The van der Waals surface area contributed by atoms with Gasteiger partial charge < -0.3 is 0 Å². The Hall–Kier alpha value is -2.90. The number of rotatable bonds is 2. The third-order valence-corrected chi connectivity index (χ3v) is 10.4. The highest BCUT2D eigenvalue weighted by Gasteiger charge is 2.23. The van der Waals surface area contributed by atoms with Crippen LogP contribution < -0.4 is 43.7 Å². The minimum atomic E-state index is 1.23. The lowest BCUT2D eigenvalue weighted by atomic mass is 9.61. The second kappa shape index (κ2) is 9.63. The van der Waals surface area contributed by atoms with Gasteiger partial charge in [0.05, 0.1) is 0 Å². The molecular weight excluding hydrogens is 527 g/mol. The topological polar surface area (TPSA) is 0 Å². The van der Waals surface area contributed by atoms with E-state index in [1.54, 1.807) is 0 Å². The normalized spacial score (nSPS) is 11.5. The summed E-state index contributed by atoms with van der Waals surface area (Å²) < 4.78 is 1.23. The van der Waals surface area contributed by atoms with Crippen LogP contribution in [0.3, 0.4) is 0 Å². The fraction of sp³-hybridized carbons (Fsp3) is 0. The van der Waals surface area contributed by atoms with Crippen LogP contribution in [-0.4, -0.2) is 62.8 Å². The van der Waals surface area contributed by atoms with Gasteiger partial charge in [0.15, 0.2) is 0 Å². The number of hydrogen-bond acceptors (Lipinski definition) is 0. The molecule has 0 amide bonds. The summed E-state index contributed by atoms with van der Waals surface area (Å²) in [6.07, 6.45) is 0. The van der Waals surface area contributed by atoms with Gasteiger partial charge in [-0.25, -0.2) is 0 Å². The quantitative estimate of drug-likeness (QED) is 0.149. The Morgan fingerprint density at radius 1 is 0.410 bits per heavy atom. The fourth-order valence-corrected chi connectivity index (χ4v) is 7.62. The van der Waals surface area contributed by atoms with E-state index in [9.17, 15) is 0 Å². The lowest BCUT2D eigenvalue weighted by molar-refractivity contribution is 1.64.